The summed E-state index contributed by atoms with van der Waals surface area (Å²) in [5.74, 6) is -0.491. The van der Waals surface area contributed by atoms with Crippen molar-refractivity contribution in [2.75, 3.05) is 31.3 Å². The number of ether oxygens (including phenoxy) is 2. The lowest BCUT2D eigenvalue weighted by Gasteiger charge is -2.14. The number of benzene rings is 3. The Morgan fingerprint density at radius 2 is 1.63 bits per heavy atom. The zero-order chi connectivity index (χ0) is 24.6. The van der Waals surface area contributed by atoms with Crippen molar-refractivity contribution < 1.29 is 23.9 Å². The number of imide groups is 1. The van der Waals surface area contributed by atoms with Crippen LogP contribution < -0.4 is 15.0 Å². The summed E-state index contributed by atoms with van der Waals surface area (Å²) in [5.41, 5.74) is 2.53. The normalized spacial score (nSPS) is 12.5. The lowest BCUT2D eigenvalue weighted by molar-refractivity contribution is 0.0922. The molecule has 3 aromatic rings. The van der Waals surface area contributed by atoms with Crippen molar-refractivity contribution in [1.29, 1.82) is 0 Å². The molecule has 35 heavy (non-hydrogen) atoms. The second kappa shape index (κ2) is 11.4. The maximum atomic E-state index is 13.0. The Balaban J connectivity index is 1.28. The number of hydrogen-bond acceptors (Lipinski definition) is 5. The van der Waals surface area contributed by atoms with Crippen molar-refractivity contribution in [3.8, 4) is 5.75 Å². The van der Waals surface area contributed by atoms with Gasteiger partial charge in [-0.1, -0.05) is 30.3 Å². The number of rotatable bonds is 11. The Morgan fingerprint density at radius 1 is 0.886 bits per heavy atom. The molecule has 0 fully saturated rings. The van der Waals surface area contributed by atoms with Crippen molar-refractivity contribution >= 4 is 23.4 Å². The lowest BCUT2D eigenvalue weighted by atomic mass is 10.1. The highest BCUT2D eigenvalue weighted by Gasteiger charge is 2.37. The first-order valence-corrected chi connectivity index (χ1v) is 11.7. The summed E-state index contributed by atoms with van der Waals surface area (Å²) in [7, 11) is 0. The number of nitrogens with zero attached hydrogens (tertiary/aromatic N) is 1. The molecule has 3 aromatic carbocycles. The van der Waals surface area contributed by atoms with Gasteiger partial charge < -0.3 is 14.8 Å². The number of anilines is 1. The second-order valence-electron chi connectivity index (χ2n) is 8.09. The molecular weight excluding hydrogens is 444 g/mol. The monoisotopic (exact) mass is 472 g/mol. The van der Waals surface area contributed by atoms with E-state index in [4.69, 9.17) is 9.47 Å². The zero-order valence-corrected chi connectivity index (χ0v) is 19.7. The van der Waals surface area contributed by atoms with Gasteiger partial charge in [-0.15, -0.1) is 0 Å². The summed E-state index contributed by atoms with van der Waals surface area (Å²) in [6.45, 7) is 4.03. The van der Waals surface area contributed by atoms with Gasteiger partial charge in [-0.25, -0.2) is 4.90 Å². The van der Waals surface area contributed by atoms with E-state index in [1.807, 2.05) is 25.1 Å². The number of hydrogen-bond donors (Lipinski definition) is 1. The summed E-state index contributed by atoms with van der Waals surface area (Å²) < 4.78 is 11.1. The molecule has 0 saturated carbocycles. The molecule has 0 spiro atoms. The Hall–Kier alpha value is -3.97. The average molecular weight is 473 g/mol. The van der Waals surface area contributed by atoms with E-state index in [9.17, 15) is 14.4 Å². The molecule has 0 saturated heterocycles. The molecule has 1 N–H and O–H groups in total. The fourth-order valence-corrected chi connectivity index (χ4v) is 3.89. The van der Waals surface area contributed by atoms with Crippen LogP contribution in [0.1, 0.15) is 50.0 Å². The van der Waals surface area contributed by atoms with E-state index < -0.39 is 11.8 Å². The van der Waals surface area contributed by atoms with Crippen LogP contribution in [0.5, 0.6) is 5.75 Å². The van der Waals surface area contributed by atoms with Gasteiger partial charge in [0, 0.05) is 18.7 Å². The van der Waals surface area contributed by atoms with E-state index in [1.165, 1.54) is 17.7 Å². The van der Waals surface area contributed by atoms with Crippen molar-refractivity contribution in [2.45, 2.75) is 19.8 Å². The first-order valence-electron chi connectivity index (χ1n) is 11.7. The molecule has 4 rings (SSSR count). The molecule has 1 heterocycles. The zero-order valence-electron chi connectivity index (χ0n) is 19.7. The van der Waals surface area contributed by atoms with E-state index in [0.29, 0.717) is 49.8 Å². The van der Waals surface area contributed by atoms with Gasteiger partial charge in [0.1, 0.15) is 5.75 Å². The molecule has 0 bridgehead atoms. The van der Waals surface area contributed by atoms with E-state index in [1.54, 1.807) is 30.3 Å². The Kier molecular flexibility index (Phi) is 7.90. The largest absolute Gasteiger partial charge is 0.494 e. The topological polar surface area (TPSA) is 84.9 Å². The number of amides is 3. The van der Waals surface area contributed by atoms with Gasteiger partial charge in [0.05, 0.1) is 30.0 Å². The molecule has 0 aliphatic carbocycles. The summed E-state index contributed by atoms with van der Waals surface area (Å²) in [6.07, 6.45) is 1.52. The minimum absolute atomic E-state index is 0.223. The Morgan fingerprint density at radius 3 is 2.37 bits per heavy atom. The first-order chi connectivity index (χ1) is 17.1. The van der Waals surface area contributed by atoms with Crippen LogP contribution in [-0.4, -0.2) is 44.1 Å². The third-order valence-corrected chi connectivity index (χ3v) is 5.68. The average Bonchev–Trinajstić information content (AvgIpc) is 3.14. The predicted octanol–water partition coefficient (Wildman–Crippen LogP) is 4.27. The molecular formula is C28H28N2O5. The van der Waals surface area contributed by atoms with Crippen LogP contribution in [0.2, 0.25) is 0 Å². The van der Waals surface area contributed by atoms with Gasteiger partial charge in [0.2, 0.25) is 0 Å². The van der Waals surface area contributed by atoms with Gasteiger partial charge in [-0.2, -0.15) is 0 Å². The van der Waals surface area contributed by atoms with Crippen LogP contribution in [0.25, 0.3) is 0 Å². The van der Waals surface area contributed by atoms with Gasteiger partial charge in [0.15, 0.2) is 0 Å². The third kappa shape index (κ3) is 5.75. The molecule has 0 unspecified atom stereocenters. The minimum atomic E-state index is -0.448. The quantitative estimate of drug-likeness (QED) is 0.333. The van der Waals surface area contributed by atoms with Crippen LogP contribution in [0, 0.1) is 0 Å². The Labute approximate surface area is 204 Å². The maximum Gasteiger partial charge on any atom is 0.266 e. The lowest BCUT2D eigenvalue weighted by Crippen LogP contribution is -2.29. The van der Waals surface area contributed by atoms with E-state index in [2.05, 4.69) is 17.4 Å². The molecule has 0 aromatic heterocycles. The highest BCUT2D eigenvalue weighted by atomic mass is 16.5. The second-order valence-corrected chi connectivity index (χ2v) is 8.09. The van der Waals surface area contributed by atoms with Gasteiger partial charge >= 0.3 is 0 Å². The van der Waals surface area contributed by atoms with E-state index >= 15 is 0 Å². The predicted molar refractivity (Wildman–Crippen MR) is 133 cm³/mol. The molecule has 7 heteroatoms. The van der Waals surface area contributed by atoms with Crippen LogP contribution in [0.3, 0.4) is 0 Å². The molecule has 0 atom stereocenters. The molecule has 0 radical (unpaired) electrons. The van der Waals surface area contributed by atoms with Crippen molar-refractivity contribution in [3.05, 3.63) is 95.1 Å². The summed E-state index contributed by atoms with van der Waals surface area (Å²) >= 11 is 0. The molecule has 1 aliphatic rings. The van der Waals surface area contributed by atoms with Crippen molar-refractivity contribution in [3.63, 3.8) is 0 Å². The molecule has 1 aliphatic heterocycles. The number of carbonyl (C=O) groups is 3. The van der Waals surface area contributed by atoms with Gasteiger partial charge in [-0.3, -0.25) is 14.4 Å². The number of fused-ring (bicyclic) bond motifs is 1. The fourth-order valence-electron chi connectivity index (χ4n) is 3.89. The maximum absolute atomic E-state index is 13.0. The Bertz CT molecular complexity index is 1190. The van der Waals surface area contributed by atoms with E-state index in [-0.39, 0.29) is 17.0 Å². The standard InChI is InChI=1S/C28H28N2O5/c1-2-35-23-12-10-22(11-13-23)30-27(32)24-14-9-21(19-25(24)28(30)33)26(31)29-16-6-17-34-18-15-20-7-4-3-5-8-20/h3-5,7-14,19H,2,6,15-18H2,1H3,(H,29,31). The van der Waals surface area contributed by atoms with Crippen LogP contribution in [-0.2, 0) is 11.2 Å². The van der Waals surface area contributed by atoms with Crippen molar-refractivity contribution in [1.82, 2.24) is 5.32 Å². The van der Waals surface area contributed by atoms with Crippen molar-refractivity contribution in [2.24, 2.45) is 0 Å². The van der Waals surface area contributed by atoms with Gasteiger partial charge in [-0.05, 0) is 67.8 Å². The highest BCUT2D eigenvalue weighted by molar-refractivity contribution is 6.34. The molecule has 7 nitrogen and oxygen atoms in total. The van der Waals surface area contributed by atoms with Crippen LogP contribution in [0.4, 0.5) is 5.69 Å². The first kappa shape index (κ1) is 24.2. The summed E-state index contributed by atoms with van der Waals surface area (Å²) in [4.78, 5) is 39.5. The molecule has 3 amide bonds. The van der Waals surface area contributed by atoms with Crippen LogP contribution in [0.15, 0.2) is 72.8 Å². The number of nitrogens with one attached hydrogen (secondary N) is 1. The fraction of sp³-hybridized carbons (Fsp3) is 0.250. The smallest absolute Gasteiger partial charge is 0.266 e. The number of carbonyl (C=O) groups excluding carboxylic acids is 3. The summed E-state index contributed by atoms with van der Waals surface area (Å²) in [6, 6.07) is 21.5. The van der Waals surface area contributed by atoms with E-state index in [0.717, 1.165) is 11.3 Å². The SMILES string of the molecule is CCOc1ccc(N2C(=O)c3ccc(C(=O)NCCCOCCc4ccccc4)cc3C2=O)cc1. The van der Waals surface area contributed by atoms with Crippen LogP contribution >= 0.6 is 0 Å². The molecule has 180 valence electrons. The minimum Gasteiger partial charge on any atom is -0.494 e. The summed E-state index contributed by atoms with van der Waals surface area (Å²) in [5, 5.41) is 2.84. The van der Waals surface area contributed by atoms with Gasteiger partial charge in [0.25, 0.3) is 17.7 Å². The highest BCUT2D eigenvalue weighted by Crippen LogP contribution is 2.30. The third-order valence-electron chi connectivity index (χ3n) is 5.68.